The van der Waals surface area contributed by atoms with Crippen LogP contribution in [0.5, 0.6) is 0 Å². The van der Waals surface area contributed by atoms with Crippen molar-refractivity contribution in [2.24, 2.45) is 0 Å². The first-order chi connectivity index (χ1) is 15.7. The Kier molecular flexibility index (Phi) is 5.66. The number of nitrogens with one attached hydrogen (secondary N) is 1. The van der Waals surface area contributed by atoms with Gasteiger partial charge in [0.2, 0.25) is 0 Å². The molecule has 3 amide bonds. The van der Waals surface area contributed by atoms with E-state index in [1.165, 1.54) is 0 Å². The molecule has 2 aromatic rings. The Labute approximate surface area is 192 Å². The third kappa shape index (κ3) is 3.81. The van der Waals surface area contributed by atoms with E-state index in [4.69, 9.17) is 11.6 Å². The van der Waals surface area contributed by atoms with Crippen molar-refractivity contribution in [1.82, 2.24) is 10.3 Å². The van der Waals surface area contributed by atoms with Gasteiger partial charge < -0.3 is 10.2 Å². The highest BCUT2D eigenvalue weighted by Crippen LogP contribution is 2.47. The predicted octanol–water partition coefficient (Wildman–Crippen LogP) is 4.63. The van der Waals surface area contributed by atoms with E-state index in [0.717, 1.165) is 19.2 Å². The molecule has 6 nitrogen and oxygen atoms in total. The van der Waals surface area contributed by atoms with Gasteiger partial charge in [0.25, 0.3) is 11.8 Å². The van der Waals surface area contributed by atoms with Gasteiger partial charge in [-0.15, -0.1) is 0 Å². The number of amides is 3. The lowest BCUT2D eigenvalue weighted by molar-refractivity contribution is -0.138. The molecule has 1 N–H and O–H groups in total. The van der Waals surface area contributed by atoms with Crippen LogP contribution in [0, 0.1) is 11.6 Å². The summed E-state index contributed by atoms with van der Waals surface area (Å²) in [5.41, 5.74) is -3.66. The van der Waals surface area contributed by atoms with Crippen LogP contribution in [-0.4, -0.2) is 36.6 Å². The van der Waals surface area contributed by atoms with Crippen LogP contribution in [0.4, 0.5) is 47.0 Å². The van der Waals surface area contributed by atoms with E-state index in [-0.39, 0.29) is 0 Å². The maximum absolute atomic E-state index is 14.4. The van der Waals surface area contributed by atoms with Gasteiger partial charge >= 0.3 is 12.2 Å². The summed E-state index contributed by atoms with van der Waals surface area (Å²) in [5.74, 6) is -7.86. The van der Waals surface area contributed by atoms with Gasteiger partial charge in [0.15, 0.2) is 5.82 Å². The molecule has 1 aromatic heterocycles. The molecule has 1 aliphatic carbocycles. The van der Waals surface area contributed by atoms with Crippen molar-refractivity contribution in [2.75, 3.05) is 23.4 Å². The number of carbonyl (C=O) groups excluding carboxylic acids is 2. The summed E-state index contributed by atoms with van der Waals surface area (Å²) in [6.07, 6.45) is -6.47. The summed E-state index contributed by atoms with van der Waals surface area (Å²) in [5, 5.41) is 1.34. The number of aromatic nitrogens is 1. The first kappa shape index (κ1) is 24.0. The molecule has 1 aliphatic heterocycles. The maximum Gasteiger partial charge on any atom is 0.416 e. The molecule has 2 aliphatic rings. The van der Waals surface area contributed by atoms with Crippen molar-refractivity contribution in [2.45, 2.75) is 31.0 Å². The lowest BCUT2D eigenvalue weighted by atomic mass is 10.1. The summed E-state index contributed by atoms with van der Waals surface area (Å²) in [4.78, 5) is 30.3. The number of benzene rings is 1. The third-order valence-corrected chi connectivity index (χ3v) is 6.01. The van der Waals surface area contributed by atoms with Gasteiger partial charge in [0.1, 0.15) is 28.4 Å². The number of urea groups is 1. The van der Waals surface area contributed by atoms with Crippen molar-refractivity contribution >= 4 is 35.0 Å². The van der Waals surface area contributed by atoms with Crippen LogP contribution in [0.3, 0.4) is 0 Å². The van der Waals surface area contributed by atoms with Crippen molar-refractivity contribution in [3.8, 4) is 0 Å². The number of carbonyl (C=O) groups is 2. The fraction of sp³-hybridized carbons (Fsp3) is 0.350. The highest BCUT2D eigenvalue weighted by atomic mass is 35.5. The monoisotopic (exact) mass is 510 g/mol. The zero-order valence-electron chi connectivity index (χ0n) is 17.1. The molecule has 1 aromatic carbocycles. The minimum Gasteiger partial charge on any atom is -0.335 e. The second-order valence-corrected chi connectivity index (χ2v) is 8.10. The summed E-state index contributed by atoms with van der Waals surface area (Å²) in [6.45, 7) is -0.435. The Balaban J connectivity index is 1.77. The number of anilines is 2. The molecule has 0 radical (unpaired) electrons. The minimum atomic E-state index is -5.03. The van der Waals surface area contributed by atoms with E-state index in [1.807, 2.05) is 0 Å². The molecule has 1 unspecified atom stereocenters. The SMILES string of the molecule is CN(C(=O)C1CNC(=O)N1c1cc(C(F)(F)F)c2c(n1)C(F)(F)CC2)c1ccc(F)c(Cl)c1F. The minimum absolute atomic E-state index is 0.431. The van der Waals surface area contributed by atoms with Gasteiger partial charge in [-0.25, -0.2) is 18.6 Å². The third-order valence-electron chi connectivity index (χ3n) is 5.67. The number of fused-ring (bicyclic) bond motifs is 1. The van der Waals surface area contributed by atoms with Crippen molar-refractivity contribution in [1.29, 1.82) is 0 Å². The van der Waals surface area contributed by atoms with Crippen LogP contribution in [0.15, 0.2) is 18.2 Å². The zero-order valence-corrected chi connectivity index (χ0v) is 17.9. The molecule has 34 heavy (non-hydrogen) atoms. The number of alkyl halides is 5. The number of halogens is 8. The normalized spacial score (nSPS) is 19.3. The smallest absolute Gasteiger partial charge is 0.335 e. The van der Waals surface area contributed by atoms with Crippen molar-refractivity contribution in [3.63, 3.8) is 0 Å². The highest BCUT2D eigenvalue weighted by Gasteiger charge is 2.49. The average molecular weight is 511 g/mol. The first-order valence-corrected chi connectivity index (χ1v) is 10.1. The highest BCUT2D eigenvalue weighted by molar-refractivity contribution is 6.31. The van der Waals surface area contributed by atoms with E-state index >= 15 is 0 Å². The summed E-state index contributed by atoms with van der Waals surface area (Å²) >= 11 is 5.53. The van der Waals surface area contributed by atoms with Crippen LogP contribution in [0.1, 0.15) is 23.2 Å². The number of rotatable bonds is 3. The molecule has 1 atom stereocenters. The van der Waals surface area contributed by atoms with Crippen LogP contribution in [-0.2, 0) is 23.3 Å². The molecule has 14 heteroatoms. The lowest BCUT2D eigenvalue weighted by Crippen LogP contribution is -2.47. The van der Waals surface area contributed by atoms with E-state index in [2.05, 4.69) is 10.3 Å². The predicted molar refractivity (Wildman–Crippen MR) is 106 cm³/mol. The van der Waals surface area contributed by atoms with Crippen LogP contribution < -0.4 is 15.1 Å². The molecule has 0 saturated carbocycles. The van der Waals surface area contributed by atoms with Crippen LogP contribution >= 0.6 is 11.6 Å². The molecule has 0 spiro atoms. The fourth-order valence-corrected chi connectivity index (χ4v) is 4.13. The second-order valence-electron chi connectivity index (χ2n) is 7.72. The molecular formula is C20H14ClF7N4O2. The van der Waals surface area contributed by atoms with Crippen LogP contribution in [0.2, 0.25) is 5.02 Å². The number of hydrogen-bond acceptors (Lipinski definition) is 3. The first-order valence-electron chi connectivity index (χ1n) is 9.71. The van der Waals surface area contributed by atoms with E-state index in [0.29, 0.717) is 15.9 Å². The number of nitrogens with zero attached hydrogens (tertiary/aromatic N) is 3. The molecular weight excluding hydrogens is 497 g/mol. The standard InChI is InChI=1S/C20H14ClF7N4O2/c1-31(11-3-2-10(22)14(21)15(11)23)17(33)12-7-29-18(34)32(12)13-6-9(20(26,27)28)8-4-5-19(24,25)16(8)30-13/h2-3,6,12H,4-5,7H2,1H3,(H,29,34). The summed E-state index contributed by atoms with van der Waals surface area (Å²) in [6, 6.07) is -0.506. The van der Waals surface area contributed by atoms with E-state index in [9.17, 15) is 40.3 Å². The number of pyridine rings is 1. The van der Waals surface area contributed by atoms with Gasteiger partial charge in [0, 0.05) is 20.0 Å². The Morgan fingerprint density at radius 3 is 2.62 bits per heavy atom. The molecule has 2 heterocycles. The number of likely N-dealkylation sites (N-methyl/N-ethyl adjacent to an activating group) is 1. The molecule has 4 rings (SSSR count). The molecule has 1 saturated heterocycles. The Bertz CT molecular complexity index is 1200. The van der Waals surface area contributed by atoms with Gasteiger partial charge in [0.05, 0.1) is 11.3 Å². The Hall–Kier alpha value is -3.09. The van der Waals surface area contributed by atoms with Gasteiger partial charge in [-0.3, -0.25) is 9.69 Å². The van der Waals surface area contributed by atoms with E-state index < -0.39 is 94.4 Å². The number of hydrogen-bond donors (Lipinski definition) is 1. The molecule has 1 fully saturated rings. The lowest BCUT2D eigenvalue weighted by Gasteiger charge is -2.27. The summed E-state index contributed by atoms with van der Waals surface area (Å²) < 4.78 is 97.3. The largest absolute Gasteiger partial charge is 0.416 e. The van der Waals surface area contributed by atoms with Crippen LogP contribution in [0.25, 0.3) is 0 Å². The second kappa shape index (κ2) is 8.00. The zero-order chi connectivity index (χ0) is 25.2. The molecule has 0 bridgehead atoms. The van der Waals surface area contributed by atoms with Gasteiger partial charge in [-0.05, 0) is 30.2 Å². The Morgan fingerprint density at radius 1 is 1.29 bits per heavy atom. The fourth-order valence-electron chi connectivity index (χ4n) is 3.97. The molecule has 182 valence electrons. The topological polar surface area (TPSA) is 65.5 Å². The van der Waals surface area contributed by atoms with Gasteiger partial charge in [-0.1, -0.05) is 11.6 Å². The van der Waals surface area contributed by atoms with E-state index in [1.54, 1.807) is 0 Å². The summed E-state index contributed by atoms with van der Waals surface area (Å²) in [7, 11) is 1.07. The maximum atomic E-state index is 14.4. The average Bonchev–Trinajstić information content (AvgIpc) is 3.29. The quantitative estimate of drug-likeness (QED) is 0.484. The van der Waals surface area contributed by atoms with Crippen molar-refractivity contribution < 1.29 is 40.3 Å². The Morgan fingerprint density at radius 2 is 1.97 bits per heavy atom. The van der Waals surface area contributed by atoms with Crippen molar-refractivity contribution in [3.05, 3.63) is 51.7 Å². The van der Waals surface area contributed by atoms with Gasteiger partial charge in [-0.2, -0.15) is 22.0 Å².